The number of hydrogen-bond donors (Lipinski definition) is 1. The topological polar surface area (TPSA) is 52.3 Å². The number of ether oxygens (including phenoxy) is 1. The highest BCUT2D eigenvalue weighted by Crippen LogP contribution is 2.36. The normalized spacial score (nSPS) is 30.9. The van der Waals surface area contributed by atoms with Crippen LogP contribution in [0.25, 0.3) is 0 Å². The first kappa shape index (κ1) is 14.5. The highest BCUT2D eigenvalue weighted by Gasteiger charge is 2.42. The average molecular weight is 241 g/mol. The molecule has 3 unspecified atom stereocenters. The van der Waals surface area contributed by atoms with Gasteiger partial charge in [0.15, 0.2) is 0 Å². The van der Waals surface area contributed by atoms with Crippen molar-refractivity contribution < 1.29 is 9.53 Å². The van der Waals surface area contributed by atoms with Gasteiger partial charge in [-0.2, -0.15) is 0 Å². The maximum absolute atomic E-state index is 12.1. The van der Waals surface area contributed by atoms with Gasteiger partial charge in [0.25, 0.3) is 0 Å². The van der Waals surface area contributed by atoms with Gasteiger partial charge in [-0.25, -0.2) is 0 Å². The Bertz CT molecular complexity index is 255. The van der Waals surface area contributed by atoms with Gasteiger partial charge in [-0.3, -0.25) is 4.79 Å². The van der Waals surface area contributed by atoms with Crippen LogP contribution >= 0.6 is 0 Å². The Morgan fingerprint density at radius 3 is 2.82 bits per heavy atom. The lowest BCUT2D eigenvalue weighted by molar-refractivity contribution is -0.159. The van der Waals surface area contributed by atoms with Crippen molar-refractivity contribution >= 4 is 5.97 Å². The molecule has 0 aromatic heterocycles. The molecule has 0 aromatic rings. The number of rotatable bonds is 5. The molecule has 2 N–H and O–H groups in total. The zero-order chi connectivity index (χ0) is 12.9. The van der Waals surface area contributed by atoms with Crippen LogP contribution in [0.1, 0.15) is 59.3 Å². The van der Waals surface area contributed by atoms with Crippen LogP contribution in [-0.2, 0) is 9.53 Å². The van der Waals surface area contributed by atoms with Crippen LogP contribution in [-0.4, -0.2) is 18.6 Å². The molecule has 3 nitrogen and oxygen atoms in total. The van der Waals surface area contributed by atoms with Crippen molar-refractivity contribution in [1.82, 2.24) is 0 Å². The van der Waals surface area contributed by atoms with E-state index >= 15 is 0 Å². The fourth-order valence-electron chi connectivity index (χ4n) is 2.57. The summed E-state index contributed by atoms with van der Waals surface area (Å²) in [6.07, 6.45) is 6.27. The summed E-state index contributed by atoms with van der Waals surface area (Å²) in [6.45, 7) is 6.77. The lowest BCUT2D eigenvalue weighted by atomic mass is 9.72. The van der Waals surface area contributed by atoms with E-state index in [1.165, 1.54) is 0 Å². The molecule has 0 spiro atoms. The molecule has 1 aliphatic rings. The van der Waals surface area contributed by atoms with Gasteiger partial charge < -0.3 is 10.5 Å². The van der Waals surface area contributed by atoms with Crippen LogP contribution in [0.2, 0.25) is 0 Å². The minimum absolute atomic E-state index is 0.0368. The van der Waals surface area contributed by atoms with E-state index in [0.29, 0.717) is 12.5 Å². The van der Waals surface area contributed by atoms with E-state index in [9.17, 15) is 4.79 Å². The summed E-state index contributed by atoms with van der Waals surface area (Å²) in [5.41, 5.74) is 5.62. The highest BCUT2D eigenvalue weighted by molar-refractivity contribution is 5.77. The van der Waals surface area contributed by atoms with Crippen LogP contribution in [0.3, 0.4) is 0 Å². The van der Waals surface area contributed by atoms with Crippen molar-refractivity contribution in [3.05, 3.63) is 0 Å². The predicted molar refractivity (Wildman–Crippen MR) is 69.6 cm³/mol. The van der Waals surface area contributed by atoms with Crippen LogP contribution in [0.4, 0.5) is 0 Å². The van der Waals surface area contributed by atoms with Crippen molar-refractivity contribution in [3.8, 4) is 0 Å². The third kappa shape index (κ3) is 3.70. The zero-order valence-corrected chi connectivity index (χ0v) is 11.5. The summed E-state index contributed by atoms with van der Waals surface area (Å²) in [5, 5.41) is 0. The number of carbonyl (C=O) groups is 1. The summed E-state index contributed by atoms with van der Waals surface area (Å²) >= 11 is 0. The van der Waals surface area contributed by atoms with E-state index in [0.717, 1.165) is 38.5 Å². The monoisotopic (exact) mass is 241 g/mol. The summed E-state index contributed by atoms with van der Waals surface area (Å²) in [6, 6.07) is -0.0368. The van der Waals surface area contributed by atoms with Crippen molar-refractivity contribution in [3.63, 3.8) is 0 Å². The Labute approximate surface area is 105 Å². The lowest BCUT2D eigenvalue weighted by Gasteiger charge is -2.37. The van der Waals surface area contributed by atoms with Gasteiger partial charge >= 0.3 is 5.97 Å². The molecule has 0 saturated heterocycles. The molecule has 1 saturated carbocycles. The van der Waals surface area contributed by atoms with Crippen LogP contribution in [0.15, 0.2) is 0 Å². The molecule has 3 heteroatoms. The number of hydrogen-bond acceptors (Lipinski definition) is 3. The third-order valence-corrected chi connectivity index (χ3v) is 4.03. The minimum atomic E-state index is -0.454. The standard InChI is InChI=1S/C14H27NO2/c1-4-7-11(2)10-17-13(16)14(3)9-6-5-8-12(14)15/h11-12H,4-10,15H2,1-3H3. The Morgan fingerprint density at radius 1 is 1.53 bits per heavy atom. The molecule has 1 rings (SSSR count). The van der Waals surface area contributed by atoms with Gasteiger partial charge in [-0.15, -0.1) is 0 Å². The second-order valence-corrected chi connectivity index (χ2v) is 5.76. The molecule has 0 radical (unpaired) electrons. The van der Waals surface area contributed by atoms with Crippen molar-refractivity contribution in [1.29, 1.82) is 0 Å². The maximum Gasteiger partial charge on any atom is 0.313 e. The SMILES string of the molecule is CCCC(C)COC(=O)C1(C)CCCCC1N. The van der Waals surface area contributed by atoms with Gasteiger partial charge in [-0.1, -0.05) is 33.1 Å². The average Bonchev–Trinajstić information content (AvgIpc) is 2.30. The fraction of sp³-hybridized carbons (Fsp3) is 0.929. The van der Waals surface area contributed by atoms with Crippen LogP contribution in [0, 0.1) is 11.3 Å². The second kappa shape index (κ2) is 6.39. The van der Waals surface area contributed by atoms with Gasteiger partial charge in [0.2, 0.25) is 0 Å². The molecule has 0 amide bonds. The van der Waals surface area contributed by atoms with E-state index < -0.39 is 5.41 Å². The first-order chi connectivity index (χ1) is 8.00. The van der Waals surface area contributed by atoms with Gasteiger partial charge in [0.05, 0.1) is 12.0 Å². The highest BCUT2D eigenvalue weighted by atomic mass is 16.5. The van der Waals surface area contributed by atoms with Gasteiger partial charge in [0, 0.05) is 6.04 Å². The molecule has 0 aromatic carbocycles. The smallest absolute Gasteiger partial charge is 0.313 e. The largest absolute Gasteiger partial charge is 0.465 e. The maximum atomic E-state index is 12.1. The third-order valence-electron chi connectivity index (χ3n) is 4.03. The van der Waals surface area contributed by atoms with Gasteiger partial charge in [0.1, 0.15) is 0 Å². The predicted octanol–water partition coefficient (Wildman–Crippen LogP) is 2.87. The molecule has 3 atom stereocenters. The minimum Gasteiger partial charge on any atom is -0.465 e. The van der Waals surface area contributed by atoms with E-state index in [2.05, 4.69) is 13.8 Å². The molecule has 0 bridgehead atoms. The summed E-state index contributed by atoms with van der Waals surface area (Å²) in [5.74, 6) is 0.361. The zero-order valence-electron chi connectivity index (χ0n) is 11.5. The van der Waals surface area contributed by atoms with E-state index in [4.69, 9.17) is 10.5 Å². The number of nitrogens with two attached hydrogens (primary N) is 1. The molecule has 1 fully saturated rings. The van der Waals surface area contributed by atoms with E-state index in [-0.39, 0.29) is 12.0 Å². The molecule has 100 valence electrons. The molecule has 17 heavy (non-hydrogen) atoms. The number of esters is 1. The lowest BCUT2D eigenvalue weighted by Crippen LogP contribution is -2.48. The molecular formula is C14H27NO2. The second-order valence-electron chi connectivity index (χ2n) is 5.76. The first-order valence-electron chi connectivity index (χ1n) is 6.93. The number of carbonyl (C=O) groups excluding carboxylic acids is 1. The summed E-state index contributed by atoms with van der Waals surface area (Å²) in [4.78, 5) is 12.1. The Hall–Kier alpha value is -0.570. The van der Waals surface area contributed by atoms with Crippen molar-refractivity contribution in [2.45, 2.75) is 65.3 Å². The molecule has 1 aliphatic carbocycles. The molecular weight excluding hydrogens is 214 g/mol. The Balaban J connectivity index is 2.45. The fourth-order valence-corrected chi connectivity index (χ4v) is 2.57. The quantitative estimate of drug-likeness (QED) is 0.753. The Morgan fingerprint density at radius 2 is 2.24 bits per heavy atom. The van der Waals surface area contributed by atoms with Crippen molar-refractivity contribution in [2.75, 3.05) is 6.61 Å². The molecule has 0 aliphatic heterocycles. The van der Waals surface area contributed by atoms with E-state index in [1.807, 2.05) is 6.92 Å². The summed E-state index contributed by atoms with van der Waals surface area (Å²) < 4.78 is 5.45. The first-order valence-corrected chi connectivity index (χ1v) is 6.93. The summed E-state index contributed by atoms with van der Waals surface area (Å²) in [7, 11) is 0. The van der Waals surface area contributed by atoms with Crippen molar-refractivity contribution in [2.24, 2.45) is 17.1 Å². The van der Waals surface area contributed by atoms with E-state index in [1.54, 1.807) is 0 Å². The molecule has 0 heterocycles. The van der Waals surface area contributed by atoms with Crippen LogP contribution < -0.4 is 5.73 Å². The van der Waals surface area contributed by atoms with Crippen LogP contribution in [0.5, 0.6) is 0 Å². The Kier molecular flexibility index (Phi) is 5.44. The van der Waals surface area contributed by atoms with Gasteiger partial charge in [-0.05, 0) is 32.1 Å².